The predicted molar refractivity (Wildman–Crippen MR) is 45.0 cm³/mol. The van der Waals surface area contributed by atoms with Crippen molar-refractivity contribution >= 4 is 12.6 Å². The van der Waals surface area contributed by atoms with Gasteiger partial charge in [-0.2, -0.15) is 12.6 Å². The molecule has 0 amide bonds. The van der Waals surface area contributed by atoms with Crippen LogP contribution in [0.4, 0.5) is 0 Å². The topological polar surface area (TPSA) is 101 Å². The van der Waals surface area contributed by atoms with Crippen LogP contribution in [0.25, 0.3) is 0 Å². The van der Waals surface area contributed by atoms with Crippen LogP contribution in [-0.4, -0.2) is 62.3 Å². The van der Waals surface area contributed by atoms with Crippen molar-refractivity contribution in [2.75, 3.05) is 12.4 Å². The van der Waals surface area contributed by atoms with Gasteiger partial charge in [-0.25, -0.2) is 0 Å². The van der Waals surface area contributed by atoms with Crippen molar-refractivity contribution in [2.45, 2.75) is 24.4 Å². The second-order valence-electron chi connectivity index (χ2n) is 2.48. The number of thiol groups is 1. The lowest BCUT2D eigenvalue weighted by Crippen LogP contribution is -2.46. The van der Waals surface area contributed by atoms with Gasteiger partial charge in [-0.15, -0.1) is 0 Å². The second-order valence-corrected chi connectivity index (χ2v) is 2.85. The van der Waals surface area contributed by atoms with Crippen molar-refractivity contribution in [3.63, 3.8) is 0 Å². The average molecular weight is 198 g/mol. The van der Waals surface area contributed by atoms with Crippen LogP contribution in [-0.2, 0) is 0 Å². The molecule has 0 aromatic rings. The van der Waals surface area contributed by atoms with Crippen LogP contribution in [0.1, 0.15) is 0 Å². The minimum absolute atomic E-state index is 0.0314. The van der Waals surface area contributed by atoms with E-state index in [1.165, 1.54) is 0 Å². The third kappa shape index (κ3) is 3.26. The monoisotopic (exact) mass is 198 g/mol. The van der Waals surface area contributed by atoms with Crippen LogP contribution in [0.2, 0.25) is 0 Å². The number of rotatable bonds is 5. The molecular weight excluding hydrogens is 184 g/mol. The molecule has 0 aliphatic heterocycles. The highest BCUT2D eigenvalue weighted by Crippen LogP contribution is 2.05. The zero-order chi connectivity index (χ0) is 9.72. The van der Waals surface area contributed by atoms with E-state index in [-0.39, 0.29) is 5.75 Å². The smallest absolute Gasteiger partial charge is 0.111 e. The lowest BCUT2D eigenvalue weighted by atomic mass is 10.0. The summed E-state index contributed by atoms with van der Waals surface area (Å²) in [5, 5.41) is 44.3. The highest BCUT2D eigenvalue weighted by atomic mass is 32.1. The Bertz CT molecular complexity index is 109. The van der Waals surface area contributed by atoms with Gasteiger partial charge in [0.05, 0.1) is 12.7 Å². The van der Waals surface area contributed by atoms with Gasteiger partial charge in [0.15, 0.2) is 0 Å². The Kier molecular flexibility index (Phi) is 5.81. The fraction of sp³-hybridized carbons (Fsp3) is 1.00. The van der Waals surface area contributed by atoms with Crippen LogP contribution in [0, 0.1) is 0 Å². The van der Waals surface area contributed by atoms with Gasteiger partial charge in [-0.1, -0.05) is 0 Å². The van der Waals surface area contributed by atoms with E-state index in [0.29, 0.717) is 0 Å². The summed E-state index contributed by atoms with van der Waals surface area (Å²) in [6.45, 7) is -0.669. The largest absolute Gasteiger partial charge is 0.394 e. The third-order valence-electron chi connectivity index (χ3n) is 1.51. The molecular formula is C6H14O5S. The summed E-state index contributed by atoms with van der Waals surface area (Å²) in [5.74, 6) is -0.0314. The van der Waals surface area contributed by atoms with E-state index >= 15 is 0 Å². The third-order valence-corrected chi connectivity index (χ3v) is 1.89. The summed E-state index contributed by atoms with van der Waals surface area (Å²) in [7, 11) is 0. The molecule has 6 heteroatoms. The van der Waals surface area contributed by atoms with E-state index in [2.05, 4.69) is 12.6 Å². The van der Waals surface area contributed by atoms with Crippen molar-refractivity contribution in [3.05, 3.63) is 0 Å². The molecule has 0 aromatic carbocycles. The molecule has 0 aliphatic rings. The number of hydrogen-bond acceptors (Lipinski definition) is 6. The fourth-order valence-electron chi connectivity index (χ4n) is 0.671. The van der Waals surface area contributed by atoms with E-state index in [4.69, 9.17) is 25.5 Å². The zero-order valence-electron chi connectivity index (χ0n) is 6.41. The van der Waals surface area contributed by atoms with E-state index in [0.717, 1.165) is 0 Å². The zero-order valence-corrected chi connectivity index (χ0v) is 7.30. The molecule has 0 aliphatic carbocycles. The molecule has 0 rings (SSSR count). The lowest BCUT2D eigenvalue weighted by molar-refractivity contribution is -0.109. The van der Waals surface area contributed by atoms with Gasteiger partial charge in [-0.3, -0.25) is 0 Å². The fourth-order valence-corrected chi connectivity index (χ4v) is 0.887. The Morgan fingerprint density at radius 1 is 0.917 bits per heavy atom. The first-order valence-corrected chi connectivity index (χ1v) is 4.11. The number of hydrogen-bond donors (Lipinski definition) is 6. The summed E-state index contributed by atoms with van der Waals surface area (Å²) in [4.78, 5) is 0. The normalized spacial score (nSPS) is 21.5. The predicted octanol–water partition coefficient (Wildman–Crippen LogP) is -2.65. The molecule has 5 nitrogen and oxygen atoms in total. The minimum Gasteiger partial charge on any atom is -0.394 e. The summed E-state index contributed by atoms with van der Waals surface area (Å²) < 4.78 is 0. The van der Waals surface area contributed by atoms with E-state index in [1.54, 1.807) is 0 Å². The molecule has 0 spiro atoms. The molecule has 0 saturated heterocycles. The van der Waals surface area contributed by atoms with Crippen molar-refractivity contribution < 1.29 is 25.5 Å². The average Bonchev–Trinajstić information content (AvgIpc) is 2.12. The van der Waals surface area contributed by atoms with Crippen LogP contribution in [0.5, 0.6) is 0 Å². The Morgan fingerprint density at radius 2 is 1.33 bits per heavy atom. The van der Waals surface area contributed by atoms with Crippen molar-refractivity contribution in [2.24, 2.45) is 0 Å². The summed E-state index contributed by atoms with van der Waals surface area (Å²) >= 11 is 3.68. The molecule has 0 fully saturated rings. The van der Waals surface area contributed by atoms with E-state index in [1.807, 2.05) is 0 Å². The first kappa shape index (κ1) is 12.2. The van der Waals surface area contributed by atoms with Crippen LogP contribution in [0.15, 0.2) is 0 Å². The van der Waals surface area contributed by atoms with Crippen LogP contribution < -0.4 is 0 Å². The summed E-state index contributed by atoms with van der Waals surface area (Å²) in [6.07, 6.45) is -5.72. The van der Waals surface area contributed by atoms with Crippen molar-refractivity contribution in [3.8, 4) is 0 Å². The van der Waals surface area contributed by atoms with Gasteiger partial charge in [0.25, 0.3) is 0 Å². The molecule has 0 radical (unpaired) electrons. The molecule has 5 N–H and O–H groups in total. The van der Waals surface area contributed by atoms with Gasteiger partial charge in [0.1, 0.15) is 18.3 Å². The standard InChI is InChI=1S/C6H14O5S/c7-1-3(8)5(10)6(11)4(9)2-12/h3-12H,1-2H2/t3-,4-,5-,6-/m0/s1. The summed E-state index contributed by atoms with van der Waals surface area (Å²) in [5.41, 5.74) is 0. The molecule has 0 bridgehead atoms. The van der Waals surface area contributed by atoms with E-state index < -0.39 is 31.0 Å². The molecule has 0 unspecified atom stereocenters. The lowest BCUT2D eigenvalue weighted by Gasteiger charge is -2.24. The Morgan fingerprint density at radius 3 is 1.67 bits per heavy atom. The first-order chi connectivity index (χ1) is 5.54. The number of aliphatic hydroxyl groups is 5. The maximum absolute atomic E-state index is 9.07. The van der Waals surface area contributed by atoms with Crippen LogP contribution in [0.3, 0.4) is 0 Å². The van der Waals surface area contributed by atoms with Crippen LogP contribution >= 0.6 is 12.6 Å². The molecule has 0 saturated carbocycles. The van der Waals surface area contributed by atoms with Crippen molar-refractivity contribution in [1.82, 2.24) is 0 Å². The maximum Gasteiger partial charge on any atom is 0.111 e. The first-order valence-electron chi connectivity index (χ1n) is 3.48. The highest BCUT2D eigenvalue weighted by Gasteiger charge is 2.28. The quantitative estimate of drug-likeness (QED) is 0.271. The second kappa shape index (κ2) is 5.74. The van der Waals surface area contributed by atoms with Gasteiger partial charge >= 0.3 is 0 Å². The number of aliphatic hydroxyl groups excluding tert-OH is 5. The van der Waals surface area contributed by atoms with Gasteiger partial charge in [-0.05, 0) is 0 Å². The Labute approximate surface area is 75.7 Å². The highest BCUT2D eigenvalue weighted by molar-refractivity contribution is 7.80. The van der Waals surface area contributed by atoms with Gasteiger partial charge < -0.3 is 25.5 Å². The minimum atomic E-state index is -1.56. The summed E-state index contributed by atoms with van der Waals surface area (Å²) in [6, 6.07) is 0. The molecule has 74 valence electrons. The Hall–Kier alpha value is 0.150. The van der Waals surface area contributed by atoms with Gasteiger partial charge in [0, 0.05) is 5.75 Å². The van der Waals surface area contributed by atoms with Gasteiger partial charge in [0.2, 0.25) is 0 Å². The molecule has 0 heterocycles. The molecule has 12 heavy (non-hydrogen) atoms. The Balaban J connectivity index is 3.99. The van der Waals surface area contributed by atoms with E-state index in [9.17, 15) is 0 Å². The van der Waals surface area contributed by atoms with Crippen molar-refractivity contribution in [1.29, 1.82) is 0 Å². The maximum atomic E-state index is 9.07. The SMILES string of the molecule is OC[C@H](O)[C@H](O)[C@@H](O)[C@@H](O)CS. The molecule has 0 aromatic heterocycles. The molecule has 4 atom stereocenters.